The van der Waals surface area contributed by atoms with Crippen LogP contribution in [0.5, 0.6) is 0 Å². The third-order valence-corrected chi connectivity index (χ3v) is 8.06. The number of hydrogen-bond acceptors (Lipinski definition) is 8. The van der Waals surface area contributed by atoms with Crippen LogP contribution in [-0.2, 0) is 0 Å². The van der Waals surface area contributed by atoms with Gasteiger partial charge in [0.1, 0.15) is 22.8 Å². The predicted octanol–water partition coefficient (Wildman–Crippen LogP) is 3.12. The van der Waals surface area contributed by atoms with Crippen molar-refractivity contribution >= 4 is 33.6 Å². The monoisotopic (exact) mass is 558 g/mol. The fourth-order valence-electron chi connectivity index (χ4n) is 5.81. The second-order valence-electron chi connectivity index (χ2n) is 10.9. The maximum Gasteiger partial charge on any atom is 0.249 e. The highest BCUT2D eigenvalue weighted by molar-refractivity contribution is 6.00. The number of aromatic amines is 1. The average molecular weight is 559 g/mol. The van der Waals surface area contributed by atoms with E-state index in [2.05, 4.69) is 38.1 Å². The van der Waals surface area contributed by atoms with Gasteiger partial charge in [-0.2, -0.15) is 4.98 Å². The zero-order chi connectivity index (χ0) is 28.7. The Labute approximate surface area is 236 Å². The van der Waals surface area contributed by atoms with E-state index in [4.69, 9.17) is 16.4 Å². The van der Waals surface area contributed by atoms with E-state index in [1.807, 2.05) is 11.9 Å². The number of hydrogen-bond donors (Lipinski definition) is 2. The molecule has 0 saturated carbocycles. The Balaban J connectivity index is 1.54. The molecule has 1 aromatic carbocycles. The Hall–Kier alpha value is -4.14. The number of halogens is 2. The molecule has 9 nitrogen and oxygen atoms in total. The van der Waals surface area contributed by atoms with Crippen LogP contribution in [0.1, 0.15) is 24.8 Å². The number of rotatable bonds is 5. The Kier molecular flexibility index (Phi) is 7.28. The summed E-state index contributed by atoms with van der Waals surface area (Å²) in [5.74, 6) is 2.01. The molecule has 0 amide bonds. The lowest BCUT2D eigenvalue weighted by Crippen LogP contribution is -2.45. The Morgan fingerprint density at radius 2 is 1.98 bits per heavy atom. The molecule has 0 spiro atoms. The maximum absolute atomic E-state index is 16.6. The van der Waals surface area contributed by atoms with E-state index in [0.717, 1.165) is 38.9 Å². The van der Waals surface area contributed by atoms with E-state index < -0.39 is 17.2 Å². The van der Waals surface area contributed by atoms with Crippen molar-refractivity contribution in [3.05, 3.63) is 51.9 Å². The first-order valence-electron chi connectivity index (χ1n) is 13.9. The number of pyridine rings is 2. The summed E-state index contributed by atoms with van der Waals surface area (Å²) in [6, 6.07) is 4.09. The molecule has 11 heteroatoms. The van der Waals surface area contributed by atoms with Gasteiger partial charge in [-0.1, -0.05) is 12.3 Å². The van der Waals surface area contributed by atoms with Crippen LogP contribution in [0.25, 0.3) is 33.1 Å². The summed E-state index contributed by atoms with van der Waals surface area (Å²) in [6.07, 6.45) is 10.5. The first-order valence-corrected chi connectivity index (χ1v) is 13.9. The summed E-state index contributed by atoms with van der Waals surface area (Å²) in [6.45, 7) is 4.75. The predicted molar refractivity (Wildman–Crippen MR) is 157 cm³/mol. The summed E-state index contributed by atoms with van der Waals surface area (Å²) in [7, 11) is 4.01. The molecular formula is C30H32F2N8O. The number of fused-ring (bicyclic) bond motifs is 2. The van der Waals surface area contributed by atoms with E-state index in [1.165, 1.54) is 24.4 Å². The molecule has 6 rings (SSSR count). The Morgan fingerprint density at radius 1 is 1.17 bits per heavy atom. The second kappa shape index (κ2) is 11.0. The minimum absolute atomic E-state index is 0.0729. The number of likely N-dealkylation sites (N-methyl/N-ethyl adjacent to an activating group) is 2. The number of nitrogens with zero attached hydrogens (tertiary/aromatic N) is 6. The number of piperazine rings is 1. The average Bonchev–Trinajstić information content (AvgIpc) is 2.97. The van der Waals surface area contributed by atoms with E-state index in [0.29, 0.717) is 48.3 Å². The molecular weight excluding hydrogens is 526 g/mol. The summed E-state index contributed by atoms with van der Waals surface area (Å²) >= 11 is 0. The molecule has 5 heterocycles. The molecule has 2 saturated heterocycles. The summed E-state index contributed by atoms with van der Waals surface area (Å²) in [4.78, 5) is 35.6. The molecule has 41 heavy (non-hydrogen) atoms. The lowest BCUT2D eigenvalue weighted by atomic mass is 9.99. The number of piperidine rings is 1. The van der Waals surface area contributed by atoms with Gasteiger partial charge in [-0.25, -0.2) is 13.8 Å². The number of anilines is 2. The first kappa shape index (κ1) is 27.1. The Morgan fingerprint density at radius 3 is 2.71 bits per heavy atom. The van der Waals surface area contributed by atoms with Gasteiger partial charge in [0, 0.05) is 69.0 Å². The lowest BCUT2D eigenvalue weighted by Gasteiger charge is -2.33. The van der Waals surface area contributed by atoms with Crippen molar-refractivity contribution in [1.82, 2.24) is 30.2 Å². The molecule has 2 fully saturated rings. The maximum atomic E-state index is 16.6. The largest absolute Gasteiger partial charge is 0.357 e. The van der Waals surface area contributed by atoms with Crippen LogP contribution in [0.2, 0.25) is 0 Å². The number of H-pyrrole nitrogens is 1. The highest BCUT2D eigenvalue weighted by Gasteiger charge is 2.26. The van der Waals surface area contributed by atoms with Gasteiger partial charge in [-0.15, -0.1) is 6.42 Å². The van der Waals surface area contributed by atoms with Crippen LogP contribution in [0, 0.1) is 24.0 Å². The molecule has 2 N–H and O–H groups in total. The molecule has 2 aliphatic rings. The molecule has 0 radical (unpaired) electrons. The number of benzene rings is 1. The van der Waals surface area contributed by atoms with Gasteiger partial charge in [-0.05, 0) is 38.6 Å². The molecule has 0 bridgehead atoms. The molecule has 0 unspecified atom stereocenters. The molecule has 3 aromatic heterocycles. The van der Waals surface area contributed by atoms with Gasteiger partial charge in [0.25, 0.3) is 0 Å². The summed E-state index contributed by atoms with van der Waals surface area (Å²) < 4.78 is 31.3. The lowest BCUT2D eigenvalue weighted by molar-refractivity contribution is 0.311. The van der Waals surface area contributed by atoms with E-state index in [9.17, 15) is 9.18 Å². The molecule has 0 aliphatic carbocycles. The minimum Gasteiger partial charge on any atom is -0.357 e. The van der Waals surface area contributed by atoms with E-state index in [-0.39, 0.29) is 27.7 Å². The van der Waals surface area contributed by atoms with Crippen molar-refractivity contribution < 1.29 is 8.78 Å². The van der Waals surface area contributed by atoms with E-state index >= 15 is 4.39 Å². The number of nitrogens with one attached hydrogen (secondary N) is 2. The van der Waals surface area contributed by atoms with E-state index in [1.54, 1.807) is 0 Å². The topological polar surface area (TPSA) is 93.3 Å². The van der Waals surface area contributed by atoms with Crippen LogP contribution in [0.3, 0.4) is 0 Å². The van der Waals surface area contributed by atoms with Gasteiger partial charge in [0.15, 0.2) is 5.82 Å². The molecule has 2 aliphatic heterocycles. The van der Waals surface area contributed by atoms with Gasteiger partial charge in [-0.3, -0.25) is 9.78 Å². The fourth-order valence-corrected chi connectivity index (χ4v) is 5.81. The van der Waals surface area contributed by atoms with Crippen molar-refractivity contribution in [1.29, 1.82) is 0 Å². The molecule has 212 valence electrons. The molecule has 1 atom stereocenters. The van der Waals surface area contributed by atoms with Crippen molar-refractivity contribution in [3.63, 3.8) is 0 Å². The quantitative estimate of drug-likeness (QED) is 0.361. The molecule has 4 aromatic rings. The summed E-state index contributed by atoms with van der Waals surface area (Å²) in [5, 5.41) is 4.23. The SMILES string of the molecule is C#Cc1c(F)ccc2[nH]c(=O)cc(-c3ncc4c(N(C)C[C@H]5CCCCN5)nc(N5CCN(C)CC5)nc4c3F)c12. The van der Waals surface area contributed by atoms with Gasteiger partial charge >= 0.3 is 0 Å². The summed E-state index contributed by atoms with van der Waals surface area (Å²) in [5.41, 5.74) is -0.187. The third-order valence-electron chi connectivity index (χ3n) is 8.06. The van der Waals surface area contributed by atoms with Gasteiger partial charge in [0.2, 0.25) is 11.5 Å². The normalized spacial score (nSPS) is 18.1. The van der Waals surface area contributed by atoms with Gasteiger partial charge < -0.3 is 25.0 Å². The van der Waals surface area contributed by atoms with Crippen molar-refractivity contribution in [2.45, 2.75) is 25.3 Å². The number of aromatic nitrogens is 4. The zero-order valence-corrected chi connectivity index (χ0v) is 23.2. The minimum atomic E-state index is -0.718. The second-order valence-corrected chi connectivity index (χ2v) is 10.9. The van der Waals surface area contributed by atoms with Crippen molar-refractivity contribution in [2.24, 2.45) is 0 Å². The highest BCUT2D eigenvalue weighted by Crippen LogP contribution is 2.35. The van der Waals surface area contributed by atoms with Crippen LogP contribution >= 0.6 is 0 Å². The van der Waals surface area contributed by atoms with Crippen LogP contribution in [-0.4, -0.2) is 84.2 Å². The van der Waals surface area contributed by atoms with Crippen molar-refractivity contribution in [3.8, 4) is 23.6 Å². The van der Waals surface area contributed by atoms with Crippen LogP contribution in [0.4, 0.5) is 20.5 Å². The highest BCUT2D eigenvalue weighted by atomic mass is 19.1. The standard InChI is InChI=1S/C30H32F2N8O/c1-4-19-22(31)8-9-23-25(19)20(15-24(41)35-23)27-26(32)28-21(16-34-27)29(39(3)17-18-7-5-6-10-33-18)37-30(36-28)40-13-11-38(2)12-14-40/h1,8-9,15-16,18,33H,5-7,10-14,17H2,2-3H3,(H,35,41)/t18-/m1/s1. The fraction of sp³-hybridized carbons (Fsp3) is 0.400. The Bertz CT molecular complexity index is 1720. The van der Waals surface area contributed by atoms with Gasteiger partial charge in [0.05, 0.1) is 16.5 Å². The zero-order valence-electron chi connectivity index (χ0n) is 23.2. The van der Waals surface area contributed by atoms with Crippen molar-refractivity contribution in [2.75, 3.05) is 63.2 Å². The smallest absolute Gasteiger partial charge is 0.249 e. The number of terminal acetylenes is 1. The van der Waals surface area contributed by atoms with Crippen LogP contribution < -0.4 is 20.7 Å². The first-order chi connectivity index (χ1) is 19.8. The van der Waals surface area contributed by atoms with Crippen LogP contribution in [0.15, 0.2) is 29.2 Å². The third kappa shape index (κ3) is 5.09.